The summed E-state index contributed by atoms with van der Waals surface area (Å²) in [4.78, 5) is 13.7. The van der Waals surface area contributed by atoms with E-state index in [0.717, 1.165) is 24.1 Å². The first-order chi connectivity index (χ1) is 11.3. The molecule has 1 aliphatic rings. The van der Waals surface area contributed by atoms with Gasteiger partial charge >= 0.3 is 0 Å². The van der Waals surface area contributed by atoms with Crippen molar-refractivity contribution in [3.63, 3.8) is 0 Å². The molecule has 1 N–H and O–H groups in total. The fraction of sp³-hybridized carbons (Fsp3) is 0.316. The zero-order chi connectivity index (χ0) is 15.6. The Morgan fingerprint density at radius 1 is 1.17 bits per heavy atom. The molecule has 1 fully saturated rings. The number of nitrogens with zero attached hydrogens (tertiary/aromatic N) is 1. The van der Waals surface area contributed by atoms with Gasteiger partial charge in [0.05, 0.1) is 10.6 Å². The summed E-state index contributed by atoms with van der Waals surface area (Å²) in [6.07, 6.45) is 4.71. The summed E-state index contributed by atoms with van der Waals surface area (Å²) in [6, 6.07) is 15.0. The summed E-state index contributed by atoms with van der Waals surface area (Å²) in [7, 11) is 0. The van der Waals surface area contributed by atoms with E-state index in [4.69, 9.17) is 0 Å². The largest absolute Gasteiger partial charge is 0.352 e. The average Bonchev–Trinajstić information content (AvgIpc) is 3.28. The minimum absolute atomic E-state index is 0.121. The molecule has 1 amide bonds. The van der Waals surface area contributed by atoms with Gasteiger partial charge in [0.25, 0.3) is 0 Å². The molecule has 0 bridgehead atoms. The molecule has 2 aromatic heterocycles. The minimum Gasteiger partial charge on any atom is -0.352 e. The van der Waals surface area contributed by atoms with Crippen LogP contribution in [0.15, 0.2) is 47.8 Å². The van der Waals surface area contributed by atoms with E-state index in [9.17, 15) is 4.79 Å². The van der Waals surface area contributed by atoms with E-state index in [1.54, 1.807) is 11.3 Å². The lowest BCUT2D eigenvalue weighted by Gasteiger charge is -2.14. The monoisotopic (exact) mass is 324 g/mol. The molecular formula is C19H20N2OS. The number of amides is 1. The maximum atomic E-state index is 12.5. The highest BCUT2D eigenvalue weighted by molar-refractivity contribution is 7.13. The van der Waals surface area contributed by atoms with Crippen molar-refractivity contribution in [2.75, 3.05) is 0 Å². The molecule has 1 aromatic carbocycles. The van der Waals surface area contributed by atoms with Crippen LogP contribution in [0.3, 0.4) is 0 Å². The lowest BCUT2D eigenvalue weighted by Crippen LogP contribution is -2.35. The molecule has 1 saturated carbocycles. The molecule has 23 heavy (non-hydrogen) atoms. The molecule has 0 aliphatic heterocycles. The Kier molecular flexibility index (Phi) is 3.92. The van der Waals surface area contributed by atoms with Crippen molar-refractivity contribution in [3.05, 3.63) is 47.8 Å². The van der Waals surface area contributed by atoms with Crippen LogP contribution in [0.25, 0.3) is 21.5 Å². The standard InChI is InChI=1S/C19H20N2OS/c22-19(20-15-7-2-3-8-15)13-21-16-9-4-1-6-14(16)12-17(21)18-10-5-11-23-18/h1,4-6,9-12,15H,2-3,7-8,13H2,(H,20,22). The van der Waals surface area contributed by atoms with Gasteiger partial charge in [-0.05, 0) is 36.4 Å². The van der Waals surface area contributed by atoms with E-state index in [-0.39, 0.29) is 5.91 Å². The van der Waals surface area contributed by atoms with E-state index >= 15 is 0 Å². The third-order valence-electron chi connectivity index (χ3n) is 4.61. The van der Waals surface area contributed by atoms with E-state index in [1.165, 1.54) is 23.1 Å². The number of nitrogens with one attached hydrogen (secondary N) is 1. The van der Waals surface area contributed by atoms with E-state index in [1.807, 2.05) is 12.1 Å². The van der Waals surface area contributed by atoms with Gasteiger partial charge in [0.2, 0.25) is 5.91 Å². The average molecular weight is 324 g/mol. The van der Waals surface area contributed by atoms with Crippen LogP contribution in [0.2, 0.25) is 0 Å². The lowest BCUT2D eigenvalue weighted by atomic mass is 10.2. The third kappa shape index (κ3) is 2.91. The second-order valence-corrected chi connectivity index (χ2v) is 7.15. The van der Waals surface area contributed by atoms with Gasteiger partial charge in [-0.25, -0.2) is 0 Å². The molecule has 118 valence electrons. The SMILES string of the molecule is O=C(Cn1c(-c2cccs2)cc2ccccc21)NC1CCCC1. The molecule has 0 radical (unpaired) electrons. The Balaban J connectivity index is 1.67. The summed E-state index contributed by atoms with van der Waals surface area (Å²) < 4.78 is 2.14. The minimum atomic E-state index is 0.121. The number of rotatable bonds is 4. The van der Waals surface area contributed by atoms with Crippen LogP contribution in [0.4, 0.5) is 0 Å². The quantitative estimate of drug-likeness (QED) is 0.757. The number of para-hydroxylation sites is 1. The Morgan fingerprint density at radius 3 is 2.78 bits per heavy atom. The second-order valence-electron chi connectivity index (χ2n) is 6.20. The van der Waals surface area contributed by atoms with E-state index in [2.05, 4.69) is 45.6 Å². The maximum Gasteiger partial charge on any atom is 0.240 e. The van der Waals surface area contributed by atoms with Crippen LogP contribution in [0, 0.1) is 0 Å². The highest BCUT2D eigenvalue weighted by Crippen LogP contribution is 2.31. The van der Waals surface area contributed by atoms with Gasteiger partial charge in [0.15, 0.2) is 0 Å². The van der Waals surface area contributed by atoms with E-state index < -0.39 is 0 Å². The smallest absolute Gasteiger partial charge is 0.240 e. The van der Waals surface area contributed by atoms with Gasteiger partial charge in [0, 0.05) is 16.9 Å². The first-order valence-electron chi connectivity index (χ1n) is 8.23. The van der Waals surface area contributed by atoms with Gasteiger partial charge in [-0.15, -0.1) is 11.3 Å². The van der Waals surface area contributed by atoms with Crippen molar-refractivity contribution in [3.8, 4) is 10.6 Å². The Hall–Kier alpha value is -2.07. The van der Waals surface area contributed by atoms with Crippen LogP contribution < -0.4 is 5.32 Å². The number of hydrogen-bond donors (Lipinski definition) is 1. The zero-order valence-electron chi connectivity index (χ0n) is 13.0. The molecule has 4 rings (SSSR count). The van der Waals surface area contributed by atoms with Crippen LogP contribution in [0.5, 0.6) is 0 Å². The highest BCUT2D eigenvalue weighted by Gasteiger charge is 2.19. The number of fused-ring (bicyclic) bond motifs is 1. The topological polar surface area (TPSA) is 34.0 Å². The van der Waals surface area contributed by atoms with Crippen LogP contribution in [-0.4, -0.2) is 16.5 Å². The number of aromatic nitrogens is 1. The predicted molar refractivity (Wildman–Crippen MR) is 95.6 cm³/mol. The van der Waals surface area contributed by atoms with Crippen molar-refractivity contribution in [1.82, 2.24) is 9.88 Å². The normalized spacial score (nSPS) is 15.3. The fourth-order valence-corrected chi connectivity index (χ4v) is 4.25. The molecular weight excluding hydrogens is 304 g/mol. The first-order valence-corrected chi connectivity index (χ1v) is 9.11. The summed E-state index contributed by atoms with van der Waals surface area (Å²) in [5, 5.41) is 6.46. The molecule has 0 saturated heterocycles. The van der Waals surface area contributed by atoms with E-state index in [0.29, 0.717) is 12.6 Å². The number of thiophene rings is 1. The first kappa shape index (κ1) is 14.5. The third-order valence-corrected chi connectivity index (χ3v) is 5.50. The summed E-state index contributed by atoms with van der Waals surface area (Å²) in [5.74, 6) is 0.121. The molecule has 3 nitrogen and oxygen atoms in total. The molecule has 2 heterocycles. The van der Waals surface area contributed by atoms with Crippen molar-refractivity contribution < 1.29 is 4.79 Å². The lowest BCUT2D eigenvalue weighted by molar-refractivity contribution is -0.122. The maximum absolute atomic E-state index is 12.5. The number of carbonyl (C=O) groups excluding carboxylic acids is 1. The van der Waals surface area contributed by atoms with Crippen molar-refractivity contribution in [2.45, 2.75) is 38.3 Å². The van der Waals surface area contributed by atoms with Crippen molar-refractivity contribution in [1.29, 1.82) is 0 Å². The van der Waals surface area contributed by atoms with Crippen molar-refractivity contribution >= 4 is 28.1 Å². The highest BCUT2D eigenvalue weighted by atomic mass is 32.1. The predicted octanol–water partition coefficient (Wildman–Crippen LogP) is 4.43. The molecule has 0 unspecified atom stereocenters. The summed E-state index contributed by atoms with van der Waals surface area (Å²) >= 11 is 1.71. The van der Waals surface area contributed by atoms with Crippen LogP contribution in [-0.2, 0) is 11.3 Å². The molecule has 3 aromatic rings. The van der Waals surface area contributed by atoms with Crippen LogP contribution in [0.1, 0.15) is 25.7 Å². The van der Waals surface area contributed by atoms with Gasteiger partial charge in [-0.1, -0.05) is 37.1 Å². The summed E-state index contributed by atoms with van der Waals surface area (Å²) in [6.45, 7) is 0.386. The Bertz CT molecular complexity index is 813. The van der Waals surface area contributed by atoms with Crippen LogP contribution >= 0.6 is 11.3 Å². The Morgan fingerprint density at radius 2 is 2.00 bits per heavy atom. The second kappa shape index (κ2) is 6.20. The van der Waals surface area contributed by atoms with Gasteiger partial charge in [-0.3, -0.25) is 4.79 Å². The van der Waals surface area contributed by atoms with Gasteiger partial charge in [-0.2, -0.15) is 0 Å². The Labute approximate surface area is 139 Å². The fourth-order valence-electron chi connectivity index (χ4n) is 3.50. The molecule has 4 heteroatoms. The van der Waals surface area contributed by atoms with Gasteiger partial charge in [0.1, 0.15) is 6.54 Å². The number of hydrogen-bond acceptors (Lipinski definition) is 2. The zero-order valence-corrected chi connectivity index (χ0v) is 13.8. The molecule has 0 atom stereocenters. The van der Waals surface area contributed by atoms with Crippen molar-refractivity contribution in [2.24, 2.45) is 0 Å². The molecule has 1 aliphatic carbocycles. The summed E-state index contributed by atoms with van der Waals surface area (Å²) in [5.41, 5.74) is 2.25. The number of benzene rings is 1. The molecule has 0 spiro atoms. The van der Waals surface area contributed by atoms with Gasteiger partial charge < -0.3 is 9.88 Å². The number of carbonyl (C=O) groups is 1.